The van der Waals surface area contributed by atoms with Gasteiger partial charge in [-0.25, -0.2) is 0 Å². The van der Waals surface area contributed by atoms with Gasteiger partial charge in [-0.1, -0.05) is 12.1 Å². The fourth-order valence-electron chi connectivity index (χ4n) is 1.74. The van der Waals surface area contributed by atoms with Crippen molar-refractivity contribution in [3.05, 3.63) is 59.9 Å². The Kier molecular flexibility index (Phi) is 6.09. The van der Waals surface area contributed by atoms with Crippen molar-refractivity contribution in [3.63, 3.8) is 0 Å². The summed E-state index contributed by atoms with van der Waals surface area (Å²) in [6.45, 7) is 0.546. The first-order chi connectivity index (χ1) is 10.3. The van der Waals surface area contributed by atoms with Gasteiger partial charge in [0, 0.05) is 24.7 Å². The molecule has 5 heteroatoms. The first kappa shape index (κ1) is 15.4. The van der Waals surface area contributed by atoms with Gasteiger partial charge in [-0.2, -0.15) is 0 Å². The monoisotopic (exact) mass is 302 g/mol. The van der Waals surface area contributed by atoms with E-state index in [1.165, 1.54) is 5.56 Å². The zero-order chi connectivity index (χ0) is 14.9. The normalized spacial score (nSPS) is 10.1. The molecule has 0 saturated heterocycles. The summed E-state index contributed by atoms with van der Waals surface area (Å²) in [6, 6.07) is 11.7. The first-order valence-electron chi connectivity index (χ1n) is 6.64. The van der Waals surface area contributed by atoms with Gasteiger partial charge in [0.2, 0.25) is 5.91 Å². The molecule has 0 fully saturated rings. The number of carbonyl (C=O) groups excluding carboxylic acids is 1. The molecule has 0 bridgehead atoms. The highest BCUT2D eigenvalue weighted by atomic mass is 32.2. The van der Waals surface area contributed by atoms with Crippen molar-refractivity contribution >= 4 is 17.7 Å². The number of nitrogens with zero attached hydrogens (tertiary/aromatic N) is 1. The van der Waals surface area contributed by atoms with Crippen molar-refractivity contribution in [2.45, 2.75) is 12.3 Å². The van der Waals surface area contributed by atoms with Crippen molar-refractivity contribution in [2.75, 3.05) is 12.9 Å². The van der Waals surface area contributed by atoms with Crippen LogP contribution in [0.15, 0.2) is 48.8 Å². The number of methoxy groups -OCH3 is 1. The van der Waals surface area contributed by atoms with E-state index in [-0.39, 0.29) is 5.91 Å². The lowest BCUT2D eigenvalue weighted by Crippen LogP contribution is -2.24. The average molecular weight is 302 g/mol. The molecule has 1 aromatic heterocycles. The summed E-state index contributed by atoms with van der Waals surface area (Å²) in [5, 5.41) is 2.90. The molecule has 0 aliphatic rings. The predicted octanol–water partition coefficient (Wildman–Crippen LogP) is 2.64. The zero-order valence-electron chi connectivity index (χ0n) is 11.9. The summed E-state index contributed by atoms with van der Waals surface area (Å²) in [7, 11) is 1.65. The number of hydrogen-bond donors (Lipinski definition) is 1. The quantitative estimate of drug-likeness (QED) is 0.854. The molecule has 0 radical (unpaired) electrons. The summed E-state index contributed by atoms with van der Waals surface area (Å²) in [5.41, 5.74) is 2.24. The van der Waals surface area contributed by atoms with E-state index in [9.17, 15) is 4.79 Å². The Balaban J connectivity index is 1.66. The van der Waals surface area contributed by atoms with E-state index in [1.54, 1.807) is 31.3 Å². The van der Waals surface area contributed by atoms with Gasteiger partial charge in [0.25, 0.3) is 0 Å². The van der Waals surface area contributed by atoms with Crippen LogP contribution >= 0.6 is 11.8 Å². The molecule has 2 aromatic rings. The molecule has 110 valence electrons. The molecule has 1 aromatic carbocycles. The number of nitrogens with one attached hydrogen (secondary N) is 1. The SMILES string of the molecule is COc1ccc(CSCC(=O)NCc2ccncc2)cc1. The Hall–Kier alpha value is -2.01. The van der Waals surface area contributed by atoms with Gasteiger partial charge in [0.15, 0.2) is 0 Å². The lowest BCUT2D eigenvalue weighted by molar-refractivity contribution is -0.118. The van der Waals surface area contributed by atoms with Crippen molar-refractivity contribution in [1.82, 2.24) is 10.3 Å². The fourth-order valence-corrected chi connectivity index (χ4v) is 2.55. The smallest absolute Gasteiger partial charge is 0.230 e. The molecule has 0 atom stereocenters. The molecular weight excluding hydrogens is 284 g/mol. The fraction of sp³-hybridized carbons (Fsp3) is 0.250. The van der Waals surface area contributed by atoms with Crippen molar-refractivity contribution in [3.8, 4) is 5.75 Å². The summed E-state index contributed by atoms with van der Waals surface area (Å²) in [5.74, 6) is 2.16. The van der Waals surface area contributed by atoms with Gasteiger partial charge in [-0.05, 0) is 35.4 Å². The number of thioether (sulfide) groups is 1. The van der Waals surface area contributed by atoms with E-state index < -0.39 is 0 Å². The van der Waals surface area contributed by atoms with Gasteiger partial charge >= 0.3 is 0 Å². The second kappa shape index (κ2) is 8.32. The van der Waals surface area contributed by atoms with Crippen molar-refractivity contribution < 1.29 is 9.53 Å². The maximum atomic E-state index is 11.7. The summed E-state index contributed by atoms with van der Waals surface area (Å²) < 4.78 is 5.11. The lowest BCUT2D eigenvalue weighted by Gasteiger charge is -2.06. The molecular formula is C16H18N2O2S. The molecule has 0 unspecified atom stereocenters. The zero-order valence-corrected chi connectivity index (χ0v) is 12.7. The van der Waals surface area contributed by atoms with Crippen LogP contribution in [0.25, 0.3) is 0 Å². The summed E-state index contributed by atoms with van der Waals surface area (Å²) in [6.07, 6.45) is 3.44. The predicted molar refractivity (Wildman–Crippen MR) is 85.2 cm³/mol. The summed E-state index contributed by atoms with van der Waals surface area (Å²) in [4.78, 5) is 15.7. The van der Waals surface area contributed by atoms with E-state index in [4.69, 9.17) is 4.74 Å². The van der Waals surface area contributed by atoms with Crippen molar-refractivity contribution in [1.29, 1.82) is 0 Å². The van der Waals surface area contributed by atoms with Gasteiger partial charge < -0.3 is 10.1 Å². The topological polar surface area (TPSA) is 51.2 Å². The number of hydrogen-bond acceptors (Lipinski definition) is 4. The van der Waals surface area contributed by atoms with Gasteiger partial charge in [-0.3, -0.25) is 9.78 Å². The molecule has 1 N–H and O–H groups in total. The van der Waals surface area contributed by atoms with Crippen LogP contribution in [0.5, 0.6) is 5.75 Å². The average Bonchev–Trinajstić information content (AvgIpc) is 2.54. The highest BCUT2D eigenvalue weighted by molar-refractivity contribution is 7.99. The number of aromatic nitrogens is 1. The maximum Gasteiger partial charge on any atom is 0.230 e. The number of amides is 1. The Morgan fingerprint density at radius 2 is 1.86 bits per heavy atom. The largest absolute Gasteiger partial charge is 0.497 e. The minimum atomic E-state index is 0.0466. The third kappa shape index (κ3) is 5.47. The molecule has 1 amide bonds. The number of rotatable bonds is 7. The van der Waals surface area contributed by atoms with E-state index in [0.717, 1.165) is 17.1 Å². The van der Waals surface area contributed by atoms with E-state index in [2.05, 4.69) is 10.3 Å². The Labute approximate surface area is 128 Å². The van der Waals surface area contributed by atoms with E-state index in [0.29, 0.717) is 12.3 Å². The minimum Gasteiger partial charge on any atom is -0.497 e. The molecule has 1 heterocycles. The highest BCUT2D eigenvalue weighted by Crippen LogP contribution is 2.16. The lowest BCUT2D eigenvalue weighted by atomic mass is 10.2. The van der Waals surface area contributed by atoms with Crippen LogP contribution < -0.4 is 10.1 Å². The highest BCUT2D eigenvalue weighted by Gasteiger charge is 2.02. The van der Waals surface area contributed by atoms with Crippen LogP contribution in [0, 0.1) is 0 Å². The van der Waals surface area contributed by atoms with Gasteiger partial charge in [0.1, 0.15) is 5.75 Å². The molecule has 21 heavy (non-hydrogen) atoms. The number of ether oxygens (including phenoxy) is 1. The van der Waals surface area contributed by atoms with E-state index >= 15 is 0 Å². The molecule has 4 nitrogen and oxygen atoms in total. The van der Waals surface area contributed by atoms with Gasteiger partial charge in [-0.15, -0.1) is 11.8 Å². The Morgan fingerprint density at radius 3 is 2.52 bits per heavy atom. The summed E-state index contributed by atoms with van der Waals surface area (Å²) >= 11 is 1.60. The van der Waals surface area contributed by atoms with Crippen LogP contribution in [0.4, 0.5) is 0 Å². The molecule has 2 rings (SSSR count). The van der Waals surface area contributed by atoms with Crippen LogP contribution in [0.3, 0.4) is 0 Å². The minimum absolute atomic E-state index is 0.0466. The van der Waals surface area contributed by atoms with Crippen LogP contribution in [-0.2, 0) is 17.1 Å². The molecule has 0 aliphatic carbocycles. The Bertz CT molecular complexity index is 558. The third-order valence-electron chi connectivity index (χ3n) is 2.90. The second-order valence-corrected chi connectivity index (χ2v) is 5.46. The van der Waals surface area contributed by atoms with Crippen LogP contribution in [0.1, 0.15) is 11.1 Å². The Morgan fingerprint density at radius 1 is 1.14 bits per heavy atom. The van der Waals surface area contributed by atoms with Crippen molar-refractivity contribution in [2.24, 2.45) is 0 Å². The molecule has 0 spiro atoms. The molecule has 0 saturated carbocycles. The first-order valence-corrected chi connectivity index (χ1v) is 7.79. The maximum absolute atomic E-state index is 11.7. The standard InChI is InChI=1S/C16H18N2O2S/c1-20-15-4-2-14(3-5-15)11-21-12-16(19)18-10-13-6-8-17-9-7-13/h2-9H,10-12H2,1H3,(H,18,19). The van der Waals surface area contributed by atoms with Gasteiger partial charge in [0.05, 0.1) is 12.9 Å². The number of carbonyl (C=O) groups is 1. The molecule has 0 aliphatic heterocycles. The number of pyridine rings is 1. The van der Waals surface area contributed by atoms with Crippen LogP contribution in [-0.4, -0.2) is 23.8 Å². The number of benzene rings is 1. The van der Waals surface area contributed by atoms with E-state index in [1.807, 2.05) is 36.4 Å². The second-order valence-electron chi connectivity index (χ2n) is 4.47. The third-order valence-corrected chi connectivity index (χ3v) is 3.90. The van der Waals surface area contributed by atoms with Crippen LogP contribution in [0.2, 0.25) is 0 Å².